The smallest absolute Gasteiger partial charge is 0.260 e. The zero-order valence-electron chi connectivity index (χ0n) is 14.2. The summed E-state index contributed by atoms with van der Waals surface area (Å²) in [6.07, 6.45) is 0. The molecule has 6 heteroatoms. The number of halogens is 1. The molecule has 132 valence electrons. The second kappa shape index (κ2) is 8.25. The van der Waals surface area contributed by atoms with E-state index >= 15 is 0 Å². The van der Waals surface area contributed by atoms with Gasteiger partial charge in [0.2, 0.25) is 0 Å². The van der Waals surface area contributed by atoms with Crippen molar-refractivity contribution < 1.29 is 14.3 Å². The van der Waals surface area contributed by atoms with Crippen LogP contribution in [0.15, 0.2) is 53.0 Å². The first kappa shape index (κ1) is 17.6. The quantitative estimate of drug-likeness (QED) is 0.767. The molecular formula is C19H21BrN2O3. The second-order valence-corrected chi connectivity index (χ2v) is 6.70. The molecule has 1 amide bonds. The van der Waals surface area contributed by atoms with Crippen LogP contribution in [0.5, 0.6) is 11.5 Å². The van der Waals surface area contributed by atoms with Crippen LogP contribution in [0.3, 0.4) is 0 Å². The molecule has 0 radical (unpaired) electrons. The van der Waals surface area contributed by atoms with E-state index < -0.39 is 0 Å². The van der Waals surface area contributed by atoms with E-state index in [0.29, 0.717) is 18.8 Å². The summed E-state index contributed by atoms with van der Waals surface area (Å²) in [7, 11) is 1.68. The predicted octanol–water partition coefficient (Wildman–Crippen LogP) is 3.19. The Morgan fingerprint density at radius 3 is 2.40 bits per heavy atom. The number of rotatable bonds is 5. The lowest BCUT2D eigenvalue weighted by atomic mass is 10.2. The summed E-state index contributed by atoms with van der Waals surface area (Å²) in [4.78, 5) is 16.5. The van der Waals surface area contributed by atoms with Crippen molar-refractivity contribution >= 4 is 27.5 Å². The number of nitrogens with zero attached hydrogens (tertiary/aromatic N) is 2. The highest BCUT2D eigenvalue weighted by Gasteiger charge is 2.23. The summed E-state index contributed by atoms with van der Waals surface area (Å²) in [6, 6.07) is 15.4. The molecule has 25 heavy (non-hydrogen) atoms. The zero-order valence-corrected chi connectivity index (χ0v) is 15.7. The van der Waals surface area contributed by atoms with Gasteiger partial charge in [0.25, 0.3) is 5.91 Å². The molecule has 0 aliphatic carbocycles. The molecule has 0 atom stereocenters. The normalized spacial score (nSPS) is 14.3. The molecule has 0 spiro atoms. The van der Waals surface area contributed by atoms with Crippen LogP contribution in [0.1, 0.15) is 0 Å². The van der Waals surface area contributed by atoms with E-state index in [1.807, 2.05) is 53.4 Å². The van der Waals surface area contributed by atoms with Gasteiger partial charge in [0.1, 0.15) is 11.5 Å². The Morgan fingerprint density at radius 2 is 1.72 bits per heavy atom. The molecule has 0 unspecified atom stereocenters. The van der Waals surface area contributed by atoms with Gasteiger partial charge < -0.3 is 19.3 Å². The number of carbonyl (C=O) groups is 1. The average molecular weight is 405 g/mol. The van der Waals surface area contributed by atoms with Crippen molar-refractivity contribution in [2.45, 2.75) is 0 Å². The van der Waals surface area contributed by atoms with Crippen molar-refractivity contribution in [3.8, 4) is 11.5 Å². The van der Waals surface area contributed by atoms with Crippen LogP contribution in [0.25, 0.3) is 0 Å². The molecule has 2 aromatic rings. The fraction of sp³-hybridized carbons (Fsp3) is 0.316. The van der Waals surface area contributed by atoms with Crippen molar-refractivity contribution in [2.75, 3.05) is 44.8 Å². The van der Waals surface area contributed by atoms with Gasteiger partial charge in [0, 0.05) is 30.7 Å². The van der Waals surface area contributed by atoms with Crippen LogP contribution in [0.2, 0.25) is 0 Å². The number of para-hydroxylation sites is 2. The fourth-order valence-corrected chi connectivity index (χ4v) is 3.12. The number of hydrogen-bond donors (Lipinski definition) is 0. The van der Waals surface area contributed by atoms with Gasteiger partial charge in [-0.05, 0) is 36.4 Å². The SMILES string of the molecule is COc1ccccc1N1CCN(C(=O)COc2ccc(Br)cc2)CC1. The van der Waals surface area contributed by atoms with Crippen molar-refractivity contribution in [1.29, 1.82) is 0 Å². The Kier molecular flexibility index (Phi) is 5.81. The van der Waals surface area contributed by atoms with Gasteiger partial charge in [0.15, 0.2) is 6.61 Å². The number of amides is 1. The van der Waals surface area contributed by atoms with Crippen molar-refractivity contribution in [3.63, 3.8) is 0 Å². The van der Waals surface area contributed by atoms with Gasteiger partial charge in [-0.25, -0.2) is 0 Å². The molecule has 0 N–H and O–H groups in total. The van der Waals surface area contributed by atoms with Gasteiger partial charge in [0.05, 0.1) is 12.8 Å². The lowest BCUT2D eigenvalue weighted by Crippen LogP contribution is -2.50. The standard InChI is InChI=1S/C19H21BrN2O3/c1-24-18-5-3-2-4-17(18)21-10-12-22(13-11-21)19(23)14-25-16-8-6-15(20)7-9-16/h2-9H,10-14H2,1H3. The Morgan fingerprint density at radius 1 is 1.04 bits per heavy atom. The molecule has 3 rings (SSSR count). The van der Waals surface area contributed by atoms with Gasteiger partial charge in [-0.3, -0.25) is 4.79 Å². The van der Waals surface area contributed by atoms with Crippen LogP contribution < -0.4 is 14.4 Å². The number of methoxy groups -OCH3 is 1. The summed E-state index contributed by atoms with van der Waals surface area (Å²) in [5, 5.41) is 0. The molecular weight excluding hydrogens is 384 g/mol. The number of ether oxygens (including phenoxy) is 2. The highest BCUT2D eigenvalue weighted by Crippen LogP contribution is 2.28. The maximum Gasteiger partial charge on any atom is 0.260 e. The fourth-order valence-electron chi connectivity index (χ4n) is 2.85. The van der Waals surface area contributed by atoms with E-state index in [0.717, 1.165) is 29.0 Å². The first-order valence-corrected chi connectivity index (χ1v) is 9.01. The highest BCUT2D eigenvalue weighted by atomic mass is 79.9. The van der Waals surface area contributed by atoms with E-state index in [4.69, 9.17) is 9.47 Å². The number of benzene rings is 2. The third kappa shape index (κ3) is 4.45. The van der Waals surface area contributed by atoms with Crippen LogP contribution in [-0.4, -0.2) is 50.7 Å². The molecule has 5 nitrogen and oxygen atoms in total. The lowest BCUT2D eigenvalue weighted by Gasteiger charge is -2.36. The molecule has 1 heterocycles. The number of carbonyl (C=O) groups excluding carboxylic acids is 1. The lowest BCUT2D eigenvalue weighted by molar-refractivity contribution is -0.133. The van der Waals surface area contributed by atoms with Crippen LogP contribution in [0.4, 0.5) is 5.69 Å². The van der Waals surface area contributed by atoms with Gasteiger partial charge in [-0.2, -0.15) is 0 Å². The Labute approximate surface area is 156 Å². The van der Waals surface area contributed by atoms with Crippen LogP contribution >= 0.6 is 15.9 Å². The molecule has 0 bridgehead atoms. The number of hydrogen-bond acceptors (Lipinski definition) is 4. The Bertz CT molecular complexity index is 713. The first-order valence-electron chi connectivity index (χ1n) is 8.21. The maximum atomic E-state index is 12.4. The summed E-state index contributed by atoms with van der Waals surface area (Å²) < 4.78 is 12.0. The molecule has 1 saturated heterocycles. The molecule has 1 aliphatic heterocycles. The molecule has 1 fully saturated rings. The van der Waals surface area contributed by atoms with E-state index in [-0.39, 0.29) is 12.5 Å². The van der Waals surface area contributed by atoms with Gasteiger partial charge in [-0.15, -0.1) is 0 Å². The largest absolute Gasteiger partial charge is 0.495 e. The maximum absolute atomic E-state index is 12.4. The number of piperazine rings is 1. The third-order valence-electron chi connectivity index (χ3n) is 4.23. The highest BCUT2D eigenvalue weighted by molar-refractivity contribution is 9.10. The van der Waals surface area contributed by atoms with E-state index in [9.17, 15) is 4.79 Å². The number of anilines is 1. The Balaban J connectivity index is 1.51. The van der Waals surface area contributed by atoms with Crippen molar-refractivity contribution in [1.82, 2.24) is 4.90 Å². The average Bonchev–Trinajstić information content (AvgIpc) is 2.67. The first-order chi connectivity index (χ1) is 12.2. The summed E-state index contributed by atoms with van der Waals surface area (Å²) in [5.41, 5.74) is 1.07. The summed E-state index contributed by atoms with van der Waals surface area (Å²) in [6.45, 7) is 2.99. The predicted molar refractivity (Wildman–Crippen MR) is 101 cm³/mol. The van der Waals surface area contributed by atoms with Gasteiger partial charge in [-0.1, -0.05) is 28.1 Å². The molecule has 1 aliphatic rings. The minimum absolute atomic E-state index is 0.0163. The molecule has 2 aromatic carbocycles. The topological polar surface area (TPSA) is 42.0 Å². The summed E-state index contributed by atoms with van der Waals surface area (Å²) in [5.74, 6) is 1.58. The zero-order chi connectivity index (χ0) is 17.6. The van der Waals surface area contributed by atoms with E-state index in [1.54, 1.807) is 7.11 Å². The van der Waals surface area contributed by atoms with E-state index in [2.05, 4.69) is 20.8 Å². The minimum atomic E-state index is 0.0163. The summed E-state index contributed by atoms with van der Waals surface area (Å²) >= 11 is 3.38. The second-order valence-electron chi connectivity index (χ2n) is 5.78. The monoisotopic (exact) mass is 404 g/mol. The molecule has 0 aromatic heterocycles. The van der Waals surface area contributed by atoms with Crippen molar-refractivity contribution in [3.05, 3.63) is 53.0 Å². The minimum Gasteiger partial charge on any atom is -0.495 e. The van der Waals surface area contributed by atoms with Crippen molar-refractivity contribution in [2.24, 2.45) is 0 Å². The van der Waals surface area contributed by atoms with E-state index in [1.165, 1.54) is 0 Å². The third-order valence-corrected chi connectivity index (χ3v) is 4.76. The van der Waals surface area contributed by atoms with Crippen LogP contribution in [-0.2, 0) is 4.79 Å². The Hall–Kier alpha value is -2.21. The molecule has 0 saturated carbocycles. The van der Waals surface area contributed by atoms with Crippen LogP contribution in [0, 0.1) is 0 Å². The van der Waals surface area contributed by atoms with Gasteiger partial charge >= 0.3 is 0 Å².